The van der Waals surface area contributed by atoms with Gasteiger partial charge in [0.15, 0.2) is 0 Å². The van der Waals surface area contributed by atoms with Crippen molar-refractivity contribution in [2.75, 3.05) is 26.2 Å². The highest BCUT2D eigenvalue weighted by atomic mass is 32.2. The van der Waals surface area contributed by atoms with Crippen molar-refractivity contribution in [3.05, 3.63) is 28.3 Å². The van der Waals surface area contributed by atoms with E-state index in [0.717, 1.165) is 22.3 Å². The van der Waals surface area contributed by atoms with Crippen LogP contribution in [0.15, 0.2) is 11.0 Å². The molecule has 0 saturated carbocycles. The number of aryl methyl sites for hydroxylation is 2. The lowest BCUT2D eigenvalue weighted by molar-refractivity contribution is -0.134. The predicted molar refractivity (Wildman–Crippen MR) is 100 cm³/mol. The molecule has 2 rings (SSSR count). The van der Waals surface area contributed by atoms with Crippen molar-refractivity contribution in [2.45, 2.75) is 52.9 Å². The van der Waals surface area contributed by atoms with E-state index in [4.69, 9.17) is 0 Å². The molecule has 1 amide bonds. The van der Waals surface area contributed by atoms with Crippen molar-refractivity contribution in [1.29, 1.82) is 0 Å². The van der Waals surface area contributed by atoms with Crippen LogP contribution in [0.3, 0.4) is 0 Å². The number of carbonyl (C=O) groups is 1. The van der Waals surface area contributed by atoms with Gasteiger partial charge in [-0.1, -0.05) is 19.9 Å². The van der Waals surface area contributed by atoms with E-state index in [1.165, 1.54) is 0 Å². The zero-order valence-corrected chi connectivity index (χ0v) is 17.0. The standard InChI is InChI=1S/C19H30N2O3S/c1-13(2)19(22)20-8-7-9-21(11-10-20)25(23,24)18-16(5)14(3)12-15(4)17(18)6/h12-13H,7-11H2,1-6H3. The second-order valence-corrected chi connectivity index (χ2v) is 9.20. The smallest absolute Gasteiger partial charge is 0.243 e. The lowest BCUT2D eigenvalue weighted by Crippen LogP contribution is -2.39. The van der Waals surface area contributed by atoms with Crippen LogP contribution in [0.5, 0.6) is 0 Å². The molecule has 1 aliphatic rings. The van der Waals surface area contributed by atoms with Gasteiger partial charge in [0.1, 0.15) is 0 Å². The Morgan fingerprint density at radius 2 is 1.52 bits per heavy atom. The molecule has 6 heteroatoms. The average molecular weight is 367 g/mol. The molecule has 0 unspecified atom stereocenters. The second kappa shape index (κ2) is 7.46. The lowest BCUT2D eigenvalue weighted by atomic mass is 10.0. The van der Waals surface area contributed by atoms with Crippen molar-refractivity contribution in [1.82, 2.24) is 9.21 Å². The first kappa shape index (κ1) is 19.9. The first-order valence-corrected chi connectivity index (χ1v) is 10.4. The van der Waals surface area contributed by atoms with Crippen molar-refractivity contribution >= 4 is 15.9 Å². The Balaban J connectivity index is 2.34. The van der Waals surface area contributed by atoms with Gasteiger partial charge in [-0.2, -0.15) is 4.31 Å². The monoisotopic (exact) mass is 366 g/mol. The number of hydrogen-bond donors (Lipinski definition) is 0. The molecule has 5 nitrogen and oxygen atoms in total. The third-order valence-corrected chi connectivity index (χ3v) is 7.33. The van der Waals surface area contributed by atoms with Gasteiger partial charge in [0.25, 0.3) is 0 Å². The molecule has 25 heavy (non-hydrogen) atoms. The van der Waals surface area contributed by atoms with Crippen molar-refractivity contribution < 1.29 is 13.2 Å². The molecule has 1 aromatic rings. The van der Waals surface area contributed by atoms with Crippen LogP contribution >= 0.6 is 0 Å². The summed E-state index contributed by atoms with van der Waals surface area (Å²) in [6.07, 6.45) is 0.667. The fraction of sp³-hybridized carbons (Fsp3) is 0.632. The number of rotatable bonds is 3. The number of nitrogens with zero attached hydrogens (tertiary/aromatic N) is 2. The molecule has 0 aromatic heterocycles. The molecular formula is C19H30N2O3S. The molecule has 1 heterocycles. The largest absolute Gasteiger partial charge is 0.341 e. The van der Waals surface area contributed by atoms with Crippen LogP contribution in [0.1, 0.15) is 42.5 Å². The fourth-order valence-corrected chi connectivity index (χ4v) is 5.46. The van der Waals surface area contributed by atoms with Gasteiger partial charge < -0.3 is 4.90 Å². The molecule has 0 aliphatic carbocycles. The van der Waals surface area contributed by atoms with Crippen LogP contribution in [0, 0.1) is 33.6 Å². The first-order chi connectivity index (χ1) is 11.6. The summed E-state index contributed by atoms with van der Waals surface area (Å²) in [5.74, 6) is 0.0325. The van der Waals surface area contributed by atoms with E-state index in [0.29, 0.717) is 37.5 Å². The van der Waals surface area contributed by atoms with Crippen LogP contribution in [0.4, 0.5) is 0 Å². The first-order valence-electron chi connectivity index (χ1n) is 8.93. The highest BCUT2D eigenvalue weighted by Crippen LogP contribution is 2.29. The summed E-state index contributed by atoms with van der Waals surface area (Å²) in [5.41, 5.74) is 3.63. The van der Waals surface area contributed by atoms with Gasteiger partial charge in [-0.05, 0) is 56.4 Å². The van der Waals surface area contributed by atoms with E-state index < -0.39 is 10.0 Å². The maximum Gasteiger partial charge on any atom is 0.243 e. The van der Waals surface area contributed by atoms with Crippen molar-refractivity contribution in [3.8, 4) is 0 Å². The highest BCUT2D eigenvalue weighted by molar-refractivity contribution is 7.89. The van der Waals surface area contributed by atoms with Gasteiger partial charge in [-0.15, -0.1) is 0 Å². The normalized spacial score (nSPS) is 17.0. The summed E-state index contributed by atoms with van der Waals surface area (Å²) >= 11 is 0. The summed E-state index contributed by atoms with van der Waals surface area (Å²) < 4.78 is 28.2. The summed E-state index contributed by atoms with van der Waals surface area (Å²) in [4.78, 5) is 14.5. The van der Waals surface area contributed by atoms with Gasteiger partial charge in [0, 0.05) is 32.1 Å². The molecule has 1 fully saturated rings. The maximum atomic E-state index is 13.3. The summed E-state index contributed by atoms with van der Waals surface area (Å²) in [6, 6.07) is 2.04. The Kier molecular flexibility index (Phi) is 5.94. The zero-order chi connectivity index (χ0) is 18.9. The van der Waals surface area contributed by atoms with Gasteiger partial charge >= 0.3 is 0 Å². The maximum absolute atomic E-state index is 13.3. The molecule has 0 radical (unpaired) electrons. The number of carbonyl (C=O) groups excluding carboxylic acids is 1. The van der Waals surface area contributed by atoms with Crippen LogP contribution in [0.25, 0.3) is 0 Å². The Bertz CT molecular complexity index is 743. The molecule has 1 aliphatic heterocycles. The minimum atomic E-state index is -3.57. The molecule has 0 N–H and O–H groups in total. The SMILES string of the molecule is Cc1cc(C)c(C)c(S(=O)(=O)N2CCCN(C(=O)C(C)C)CC2)c1C. The third kappa shape index (κ3) is 3.90. The number of hydrogen-bond acceptors (Lipinski definition) is 3. The van der Waals surface area contributed by atoms with Crippen LogP contribution in [-0.2, 0) is 14.8 Å². The fourth-order valence-electron chi connectivity index (χ4n) is 3.42. The van der Waals surface area contributed by atoms with E-state index in [1.54, 1.807) is 9.21 Å². The Morgan fingerprint density at radius 3 is 2.04 bits per heavy atom. The van der Waals surface area contributed by atoms with Crippen LogP contribution in [0.2, 0.25) is 0 Å². The average Bonchev–Trinajstić information content (AvgIpc) is 2.78. The van der Waals surface area contributed by atoms with Gasteiger partial charge in [0.05, 0.1) is 4.90 Å². The molecule has 0 spiro atoms. The number of sulfonamides is 1. The highest BCUT2D eigenvalue weighted by Gasteiger charge is 2.31. The minimum absolute atomic E-state index is 0.0629. The van der Waals surface area contributed by atoms with E-state index >= 15 is 0 Å². The number of amides is 1. The van der Waals surface area contributed by atoms with E-state index in [9.17, 15) is 13.2 Å². The molecule has 140 valence electrons. The Hall–Kier alpha value is -1.40. The summed E-state index contributed by atoms with van der Waals surface area (Å²) in [7, 11) is -3.57. The van der Waals surface area contributed by atoms with Crippen LogP contribution < -0.4 is 0 Å². The van der Waals surface area contributed by atoms with Crippen molar-refractivity contribution in [2.24, 2.45) is 5.92 Å². The van der Waals surface area contributed by atoms with Gasteiger partial charge in [0.2, 0.25) is 15.9 Å². The second-order valence-electron chi connectivity index (χ2n) is 7.33. The van der Waals surface area contributed by atoms with Crippen LogP contribution in [-0.4, -0.2) is 49.7 Å². The molecular weight excluding hydrogens is 336 g/mol. The summed E-state index contributed by atoms with van der Waals surface area (Å²) in [5, 5.41) is 0. The van der Waals surface area contributed by atoms with E-state index in [2.05, 4.69) is 0 Å². The molecule has 0 atom stereocenters. The third-order valence-electron chi connectivity index (χ3n) is 5.16. The quantitative estimate of drug-likeness (QED) is 0.826. The Morgan fingerprint density at radius 1 is 0.960 bits per heavy atom. The van der Waals surface area contributed by atoms with Gasteiger partial charge in [-0.3, -0.25) is 4.79 Å². The lowest BCUT2D eigenvalue weighted by Gasteiger charge is -2.25. The Labute approximate surface area is 152 Å². The number of benzene rings is 1. The molecule has 0 bridgehead atoms. The van der Waals surface area contributed by atoms with Gasteiger partial charge in [-0.25, -0.2) is 8.42 Å². The minimum Gasteiger partial charge on any atom is -0.341 e. The zero-order valence-electron chi connectivity index (χ0n) is 16.2. The van der Waals surface area contributed by atoms with E-state index in [1.807, 2.05) is 47.6 Å². The topological polar surface area (TPSA) is 57.7 Å². The summed E-state index contributed by atoms with van der Waals surface area (Å²) in [6.45, 7) is 13.3. The molecule has 1 aromatic carbocycles. The van der Waals surface area contributed by atoms with Crippen molar-refractivity contribution in [3.63, 3.8) is 0 Å². The molecule has 1 saturated heterocycles. The van der Waals surface area contributed by atoms with E-state index in [-0.39, 0.29) is 11.8 Å². The predicted octanol–water partition coefficient (Wildman–Crippen LogP) is 2.80.